The number of carbonyl (C=O) groups excluding carboxylic acids is 1. The predicted octanol–water partition coefficient (Wildman–Crippen LogP) is 2.53. The van der Waals surface area contributed by atoms with Crippen LogP contribution in [-0.2, 0) is 11.2 Å². The Kier molecular flexibility index (Phi) is 7.23. The first-order valence-electron chi connectivity index (χ1n) is 7.16. The SMILES string of the molecule is CC(CCO)CNC(=O)C(C)CCc1ccccc1F. The third-order valence-electron chi connectivity index (χ3n) is 3.50. The molecule has 3 nitrogen and oxygen atoms in total. The normalized spacial score (nSPS) is 13.8. The molecule has 112 valence electrons. The quantitative estimate of drug-likeness (QED) is 0.769. The summed E-state index contributed by atoms with van der Waals surface area (Å²) in [6.45, 7) is 4.55. The lowest BCUT2D eigenvalue weighted by Crippen LogP contribution is -2.33. The Bertz CT molecular complexity index is 423. The average molecular weight is 281 g/mol. The highest BCUT2D eigenvalue weighted by atomic mass is 19.1. The number of hydrogen-bond acceptors (Lipinski definition) is 2. The molecule has 0 aromatic heterocycles. The van der Waals surface area contributed by atoms with E-state index < -0.39 is 0 Å². The molecule has 1 amide bonds. The Hall–Kier alpha value is -1.42. The van der Waals surface area contributed by atoms with Crippen LogP contribution in [0.4, 0.5) is 4.39 Å². The van der Waals surface area contributed by atoms with Gasteiger partial charge in [0.15, 0.2) is 0 Å². The van der Waals surface area contributed by atoms with Gasteiger partial charge in [-0.2, -0.15) is 0 Å². The standard InChI is InChI=1S/C16H24FNO2/c1-12(9-10-19)11-18-16(20)13(2)7-8-14-5-3-4-6-15(14)17/h3-6,12-13,19H,7-11H2,1-2H3,(H,18,20). The Balaban J connectivity index is 2.33. The summed E-state index contributed by atoms with van der Waals surface area (Å²) in [5, 5.41) is 11.7. The van der Waals surface area contributed by atoms with E-state index in [2.05, 4.69) is 5.32 Å². The highest BCUT2D eigenvalue weighted by molar-refractivity contribution is 5.78. The molecule has 1 aromatic rings. The molecule has 0 radical (unpaired) electrons. The summed E-state index contributed by atoms with van der Waals surface area (Å²) in [7, 11) is 0. The molecule has 0 saturated carbocycles. The van der Waals surface area contributed by atoms with Crippen LogP contribution in [0.2, 0.25) is 0 Å². The molecule has 0 aliphatic carbocycles. The molecule has 0 bridgehead atoms. The van der Waals surface area contributed by atoms with E-state index in [9.17, 15) is 9.18 Å². The number of nitrogens with one attached hydrogen (secondary N) is 1. The lowest BCUT2D eigenvalue weighted by atomic mass is 9.99. The molecule has 2 N–H and O–H groups in total. The van der Waals surface area contributed by atoms with Gasteiger partial charge in [-0.05, 0) is 36.8 Å². The number of aryl methyl sites for hydroxylation is 1. The van der Waals surface area contributed by atoms with Gasteiger partial charge in [0.2, 0.25) is 5.91 Å². The summed E-state index contributed by atoms with van der Waals surface area (Å²) in [5.41, 5.74) is 0.654. The van der Waals surface area contributed by atoms with Gasteiger partial charge in [0.05, 0.1) is 0 Å². The fourth-order valence-electron chi connectivity index (χ4n) is 1.98. The van der Waals surface area contributed by atoms with E-state index in [1.165, 1.54) is 6.07 Å². The van der Waals surface area contributed by atoms with E-state index in [1.54, 1.807) is 18.2 Å². The molecule has 1 rings (SSSR count). The maximum Gasteiger partial charge on any atom is 0.222 e. The van der Waals surface area contributed by atoms with Crippen LogP contribution in [0.3, 0.4) is 0 Å². The van der Waals surface area contributed by atoms with E-state index in [4.69, 9.17) is 5.11 Å². The highest BCUT2D eigenvalue weighted by Gasteiger charge is 2.14. The highest BCUT2D eigenvalue weighted by Crippen LogP contribution is 2.13. The first-order valence-corrected chi connectivity index (χ1v) is 7.16. The molecule has 1 aromatic carbocycles. The molecular weight excluding hydrogens is 257 g/mol. The molecule has 0 aliphatic heterocycles. The van der Waals surface area contributed by atoms with E-state index in [1.807, 2.05) is 13.8 Å². The topological polar surface area (TPSA) is 49.3 Å². The summed E-state index contributed by atoms with van der Waals surface area (Å²) in [5.74, 6) is -0.0959. The summed E-state index contributed by atoms with van der Waals surface area (Å²) < 4.78 is 13.5. The summed E-state index contributed by atoms with van der Waals surface area (Å²) >= 11 is 0. The fraction of sp³-hybridized carbons (Fsp3) is 0.562. The van der Waals surface area contributed by atoms with Crippen LogP contribution in [0.1, 0.15) is 32.3 Å². The molecule has 2 unspecified atom stereocenters. The monoisotopic (exact) mass is 281 g/mol. The Labute approximate surface area is 120 Å². The van der Waals surface area contributed by atoms with Crippen LogP contribution in [-0.4, -0.2) is 24.2 Å². The van der Waals surface area contributed by atoms with Crippen molar-refractivity contribution in [3.63, 3.8) is 0 Å². The average Bonchev–Trinajstić information content (AvgIpc) is 2.44. The molecule has 0 heterocycles. The van der Waals surface area contributed by atoms with Crippen molar-refractivity contribution in [2.24, 2.45) is 11.8 Å². The predicted molar refractivity (Wildman–Crippen MR) is 77.8 cm³/mol. The summed E-state index contributed by atoms with van der Waals surface area (Å²) in [4.78, 5) is 11.9. The molecular formula is C16H24FNO2. The van der Waals surface area contributed by atoms with Crippen molar-refractivity contribution in [3.05, 3.63) is 35.6 Å². The molecule has 0 saturated heterocycles. The maximum absolute atomic E-state index is 13.5. The van der Waals surface area contributed by atoms with Crippen molar-refractivity contribution >= 4 is 5.91 Å². The van der Waals surface area contributed by atoms with Gasteiger partial charge in [-0.3, -0.25) is 4.79 Å². The number of aliphatic hydroxyl groups is 1. The van der Waals surface area contributed by atoms with Crippen molar-refractivity contribution in [1.82, 2.24) is 5.32 Å². The summed E-state index contributed by atoms with van der Waals surface area (Å²) in [6.07, 6.45) is 1.87. The maximum atomic E-state index is 13.5. The lowest BCUT2D eigenvalue weighted by molar-refractivity contribution is -0.124. The number of aliphatic hydroxyl groups excluding tert-OH is 1. The molecule has 4 heteroatoms. The van der Waals surface area contributed by atoms with Crippen LogP contribution >= 0.6 is 0 Å². The number of amides is 1. The molecule has 0 aliphatic rings. The van der Waals surface area contributed by atoms with E-state index in [0.717, 1.165) is 0 Å². The van der Waals surface area contributed by atoms with Crippen molar-refractivity contribution in [3.8, 4) is 0 Å². The van der Waals surface area contributed by atoms with Crippen LogP contribution in [0, 0.1) is 17.7 Å². The number of halogens is 1. The van der Waals surface area contributed by atoms with E-state index in [-0.39, 0.29) is 30.2 Å². The van der Waals surface area contributed by atoms with Crippen molar-refractivity contribution in [2.45, 2.75) is 33.1 Å². The Morgan fingerprint density at radius 1 is 1.30 bits per heavy atom. The second-order valence-corrected chi connectivity index (χ2v) is 5.39. The number of rotatable bonds is 8. The fourth-order valence-corrected chi connectivity index (χ4v) is 1.98. The van der Waals surface area contributed by atoms with Crippen molar-refractivity contribution < 1.29 is 14.3 Å². The summed E-state index contributed by atoms with van der Waals surface area (Å²) in [6, 6.07) is 6.66. The van der Waals surface area contributed by atoms with Gasteiger partial charge in [-0.1, -0.05) is 32.0 Å². The minimum atomic E-state index is -0.211. The van der Waals surface area contributed by atoms with Crippen LogP contribution in [0.15, 0.2) is 24.3 Å². The zero-order valence-corrected chi connectivity index (χ0v) is 12.2. The van der Waals surface area contributed by atoms with Gasteiger partial charge in [-0.15, -0.1) is 0 Å². The molecule has 0 fully saturated rings. The second-order valence-electron chi connectivity index (χ2n) is 5.39. The van der Waals surface area contributed by atoms with Gasteiger partial charge >= 0.3 is 0 Å². The smallest absolute Gasteiger partial charge is 0.222 e. The number of benzene rings is 1. The van der Waals surface area contributed by atoms with Crippen LogP contribution in [0.25, 0.3) is 0 Å². The van der Waals surface area contributed by atoms with Gasteiger partial charge in [0.25, 0.3) is 0 Å². The van der Waals surface area contributed by atoms with Gasteiger partial charge in [-0.25, -0.2) is 4.39 Å². The van der Waals surface area contributed by atoms with E-state index in [0.29, 0.717) is 31.4 Å². The zero-order chi connectivity index (χ0) is 15.0. The van der Waals surface area contributed by atoms with Crippen LogP contribution in [0.5, 0.6) is 0 Å². The third kappa shape index (κ3) is 5.70. The zero-order valence-electron chi connectivity index (χ0n) is 12.2. The number of carbonyl (C=O) groups is 1. The largest absolute Gasteiger partial charge is 0.396 e. The first-order chi connectivity index (χ1) is 9.54. The molecule has 0 spiro atoms. The Morgan fingerprint density at radius 2 is 2.00 bits per heavy atom. The Morgan fingerprint density at radius 3 is 2.65 bits per heavy atom. The van der Waals surface area contributed by atoms with Crippen molar-refractivity contribution in [1.29, 1.82) is 0 Å². The minimum Gasteiger partial charge on any atom is -0.396 e. The minimum absolute atomic E-state index is 0.00821. The number of hydrogen-bond donors (Lipinski definition) is 2. The van der Waals surface area contributed by atoms with E-state index >= 15 is 0 Å². The van der Waals surface area contributed by atoms with Gasteiger partial charge in [0.1, 0.15) is 5.82 Å². The molecule has 20 heavy (non-hydrogen) atoms. The van der Waals surface area contributed by atoms with Gasteiger partial charge in [0, 0.05) is 19.1 Å². The van der Waals surface area contributed by atoms with Crippen molar-refractivity contribution in [2.75, 3.05) is 13.2 Å². The first kappa shape index (κ1) is 16.6. The molecule has 2 atom stereocenters. The third-order valence-corrected chi connectivity index (χ3v) is 3.50. The lowest BCUT2D eigenvalue weighted by Gasteiger charge is -2.15. The second kappa shape index (κ2) is 8.69. The van der Waals surface area contributed by atoms with Gasteiger partial charge < -0.3 is 10.4 Å². The van der Waals surface area contributed by atoms with Crippen LogP contribution < -0.4 is 5.32 Å².